The fraction of sp³-hybridized carbons (Fsp3) is 0.727. The Kier molecular flexibility index (Phi) is 6.06. The zero-order valence-corrected chi connectivity index (χ0v) is 15.8. The van der Waals surface area contributed by atoms with Gasteiger partial charge in [0.25, 0.3) is 0 Å². The van der Waals surface area contributed by atoms with Crippen LogP contribution in [0.5, 0.6) is 0 Å². The second-order valence-corrected chi connectivity index (χ2v) is 8.35. The van der Waals surface area contributed by atoms with E-state index in [4.69, 9.17) is 0 Å². The lowest BCUT2D eigenvalue weighted by Gasteiger charge is -2.41. The molecular formula is C22H35N3. The van der Waals surface area contributed by atoms with E-state index in [1.54, 1.807) is 5.56 Å². The first-order valence-electron chi connectivity index (χ1n) is 10.7. The molecule has 0 amide bonds. The van der Waals surface area contributed by atoms with Crippen molar-refractivity contribution in [1.82, 2.24) is 15.1 Å². The van der Waals surface area contributed by atoms with Gasteiger partial charge in [0.1, 0.15) is 0 Å². The Bertz CT molecular complexity index is 491. The lowest BCUT2D eigenvalue weighted by Crippen LogP contribution is -2.41. The number of nitrogens with one attached hydrogen (secondary N) is 1. The molecule has 4 rings (SSSR count). The molecule has 0 bridgehead atoms. The third-order valence-corrected chi connectivity index (χ3v) is 6.54. The summed E-state index contributed by atoms with van der Waals surface area (Å²) in [4.78, 5) is 5.40. The molecule has 0 aliphatic carbocycles. The van der Waals surface area contributed by atoms with Crippen LogP contribution in [0, 0.1) is 5.92 Å². The highest BCUT2D eigenvalue weighted by Gasteiger charge is 2.30. The number of hydrogen-bond donors (Lipinski definition) is 1. The molecule has 1 N–H and O–H groups in total. The highest BCUT2D eigenvalue weighted by Crippen LogP contribution is 2.36. The molecule has 0 radical (unpaired) electrons. The largest absolute Gasteiger partial charge is 0.317 e. The standard InChI is InChI=1S/C22H35N3/c1-2-16-25(17-3-1)22(21-10-12-23-13-11-21)20-8-6-19(7-9-20)18-24-14-4-5-15-24/h6-9,21-23H,1-5,10-18H2. The zero-order valence-electron chi connectivity index (χ0n) is 15.8. The van der Waals surface area contributed by atoms with Gasteiger partial charge in [-0.2, -0.15) is 0 Å². The molecule has 3 aliphatic rings. The van der Waals surface area contributed by atoms with E-state index >= 15 is 0 Å². The summed E-state index contributed by atoms with van der Waals surface area (Å²) in [5, 5.41) is 3.55. The minimum absolute atomic E-state index is 0.642. The van der Waals surface area contributed by atoms with Gasteiger partial charge >= 0.3 is 0 Å². The van der Waals surface area contributed by atoms with E-state index < -0.39 is 0 Å². The lowest BCUT2D eigenvalue weighted by atomic mass is 9.84. The van der Waals surface area contributed by atoms with Crippen LogP contribution in [0.15, 0.2) is 24.3 Å². The molecule has 3 saturated heterocycles. The SMILES string of the molecule is c1cc(C(C2CCNCC2)N2CCCCC2)ccc1CN1CCCC1. The van der Waals surface area contributed by atoms with Gasteiger partial charge in [-0.05, 0) is 94.8 Å². The summed E-state index contributed by atoms with van der Waals surface area (Å²) >= 11 is 0. The Hall–Kier alpha value is -0.900. The van der Waals surface area contributed by atoms with E-state index in [2.05, 4.69) is 39.4 Å². The molecule has 1 aromatic carbocycles. The van der Waals surface area contributed by atoms with Crippen molar-refractivity contribution >= 4 is 0 Å². The van der Waals surface area contributed by atoms with Gasteiger partial charge in [-0.15, -0.1) is 0 Å². The number of piperidine rings is 2. The Morgan fingerprint density at radius 2 is 1.48 bits per heavy atom. The normalized spacial score (nSPS) is 25.3. The predicted octanol–water partition coefficient (Wildman–Crippen LogP) is 3.81. The molecule has 0 spiro atoms. The topological polar surface area (TPSA) is 18.5 Å². The third kappa shape index (κ3) is 4.45. The van der Waals surface area contributed by atoms with Crippen molar-refractivity contribution in [3.8, 4) is 0 Å². The van der Waals surface area contributed by atoms with Crippen molar-refractivity contribution in [1.29, 1.82) is 0 Å². The summed E-state index contributed by atoms with van der Waals surface area (Å²) in [7, 11) is 0. The number of nitrogens with zero attached hydrogens (tertiary/aromatic N) is 2. The van der Waals surface area contributed by atoms with Crippen LogP contribution >= 0.6 is 0 Å². The smallest absolute Gasteiger partial charge is 0.0377 e. The summed E-state index contributed by atoms with van der Waals surface area (Å²) in [6.45, 7) is 8.70. The lowest BCUT2D eigenvalue weighted by molar-refractivity contribution is 0.0999. The zero-order chi connectivity index (χ0) is 16.9. The van der Waals surface area contributed by atoms with E-state index in [0.29, 0.717) is 6.04 Å². The van der Waals surface area contributed by atoms with Crippen LogP contribution < -0.4 is 5.32 Å². The second-order valence-electron chi connectivity index (χ2n) is 8.35. The van der Waals surface area contributed by atoms with E-state index in [1.165, 1.54) is 89.8 Å². The number of likely N-dealkylation sites (tertiary alicyclic amines) is 2. The molecule has 25 heavy (non-hydrogen) atoms. The first-order valence-corrected chi connectivity index (χ1v) is 10.7. The maximum Gasteiger partial charge on any atom is 0.0377 e. The van der Waals surface area contributed by atoms with Crippen LogP contribution in [0.25, 0.3) is 0 Å². The monoisotopic (exact) mass is 341 g/mol. The van der Waals surface area contributed by atoms with Crippen molar-refractivity contribution in [2.45, 2.75) is 57.5 Å². The minimum atomic E-state index is 0.642. The van der Waals surface area contributed by atoms with E-state index in [9.17, 15) is 0 Å². The van der Waals surface area contributed by atoms with Gasteiger partial charge in [0.15, 0.2) is 0 Å². The molecule has 3 heterocycles. The summed E-state index contributed by atoms with van der Waals surface area (Å²) in [5.41, 5.74) is 3.06. The van der Waals surface area contributed by atoms with Gasteiger partial charge in [0.05, 0.1) is 0 Å². The van der Waals surface area contributed by atoms with Crippen molar-refractivity contribution in [2.24, 2.45) is 5.92 Å². The van der Waals surface area contributed by atoms with Gasteiger partial charge in [0.2, 0.25) is 0 Å². The first-order chi connectivity index (χ1) is 12.4. The van der Waals surface area contributed by atoms with Crippen molar-refractivity contribution in [3.05, 3.63) is 35.4 Å². The fourth-order valence-electron chi connectivity index (χ4n) is 5.16. The van der Waals surface area contributed by atoms with Crippen LogP contribution in [0.2, 0.25) is 0 Å². The first kappa shape index (κ1) is 17.5. The quantitative estimate of drug-likeness (QED) is 0.878. The average molecular weight is 342 g/mol. The highest BCUT2D eigenvalue weighted by atomic mass is 15.2. The molecule has 3 fully saturated rings. The van der Waals surface area contributed by atoms with Crippen LogP contribution in [0.3, 0.4) is 0 Å². The number of benzene rings is 1. The van der Waals surface area contributed by atoms with Crippen molar-refractivity contribution in [3.63, 3.8) is 0 Å². The Morgan fingerprint density at radius 3 is 2.16 bits per heavy atom. The van der Waals surface area contributed by atoms with E-state index in [0.717, 1.165) is 12.5 Å². The van der Waals surface area contributed by atoms with Crippen LogP contribution in [-0.4, -0.2) is 49.1 Å². The average Bonchev–Trinajstić information content (AvgIpc) is 3.18. The maximum absolute atomic E-state index is 3.55. The summed E-state index contributed by atoms with van der Waals surface area (Å²) in [5.74, 6) is 0.823. The highest BCUT2D eigenvalue weighted by molar-refractivity contribution is 5.26. The van der Waals surface area contributed by atoms with Gasteiger partial charge in [-0.25, -0.2) is 0 Å². The Balaban J connectivity index is 1.49. The minimum Gasteiger partial charge on any atom is -0.317 e. The van der Waals surface area contributed by atoms with Crippen LogP contribution in [0.4, 0.5) is 0 Å². The van der Waals surface area contributed by atoms with Crippen LogP contribution in [-0.2, 0) is 6.54 Å². The molecule has 3 nitrogen and oxygen atoms in total. The van der Waals surface area contributed by atoms with Crippen molar-refractivity contribution < 1.29 is 0 Å². The summed E-state index contributed by atoms with van der Waals surface area (Å²) in [6, 6.07) is 10.4. The molecule has 0 saturated carbocycles. The number of rotatable bonds is 5. The van der Waals surface area contributed by atoms with Crippen molar-refractivity contribution in [2.75, 3.05) is 39.3 Å². The van der Waals surface area contributed by atoms with Gasteiger partial charge < -0.3 is 5.32 Å². The van der Waals surface area contributed by atoms with Gasteiger partial charge in [0, 0.05) is 12.6 Å². The predicted molar refractivity (Wildman–Crippen MR) is 105 cm³/mol. The third-order valence-electron chi connectivity index (χ3n) is 6.54. The van der Waals surface area contributed by atoms with Gasteiger partial charge in [-0.1, -0.05) is 30.7 Å². The van der Waals surface area contributed by atoms with Gasteiger partial charge in [-0.3, -0.25) is 9.80 Å². The van der Waals surface area contributed by atoms with E-state index in [-0.39, 0.29) is 0 Å². The molecule has 0 aromatic heterocycles. The Morgan fingerprint density at radius 1 is 0.840 bits per heavy atom. The molecule has 3 heteroatoms. The summed E-state index contributed by atoms with van der Waals surface area (Å²) < 4.78 is 0. The molecule has 1 atom stereocenters. The molecule has 1 aromatic rings. The maximum atomic E-state index is 3.55. The fourth-order valence-corrected chi connectivity index (χ4v) is 5.16. The molecular weight excluding hydrogens is 306 g/mol. The summed E-state index contributed by atoms with van der Waals surface area (Å²) in [6.07, 6.45) is 9.61. The van der Waals surface area contributed by atoms with E-state index in [1.807, 2.05) is 0 Å². The number of hydrogen-bond acceptors (Lipinski definition) is 3. The molecule has 3 aliphatic heterocycles. The molecule has 138 valence electrons. The molecule has 1 unspecified atom stereocenters. The van der Waals surface area contributed by atoms with Crippen LogP contribution in [0.1, 0.15) is 62.1 Å². The Labute approximate surface area is 153 Å². The second kappa shape index (κ2) is 8.66.